The first-order valence-corrected chi connectivity index (χ1v) is 9.88. The molecule has 0 spiro atoms. The van der Waals surface area contributed by atoms with E-state index < -0.39 is 0 Å². The molecule has 0 radical (unpaired) electrons. The maximum atomic E-state index is 12.4. The van der Waals surface area contributed by atoms with E-state index in [1.165, 1.54) is 9.36 Å². The zero-order valence-corrected chi connectivity index (χ0v) is 18.2. The Bertz CT molecular complexity index is 1080. The molecular weight excluding hydrogens is 398 g/mol. The summed E-state index contributed by atoms with van der Waals surface area (Å²) in [7, 11) is 3.17. The summed E-state index contributed by atoms with van der Waals surface area (Å²) >= 11 is 0. The predicted octanol–water partition coefficient (Wildman–Crippen LogP) is 2.55. The lowest BCUT2D eigenvalue weighted by molar-refractivity contribution is 0.154. The Balaban J connectivity index is 1.77. The number of tetrazole rings is 1. The van der Waals surface area contributed by atoms with Crippen molar-refractivity contribution in [3.63, 3.8) is 0 Å². The highest BCUT2D eigenvalue weighted by molar-refractivity contribution is 5.98. The van der Waals surface area contributed by atoms with E-state index in [0.29, 0.717) is 19.0 Å². The molecule has 0 saturated heterocycles. The van der Waals surface area contributed by atoms with Crippen LogP contribution in [0.25, 0.3) is 0 Å². The van der Waals surface area contributed by atoms with Crippen LogP contribution in [0.3, 0.4) is 0 Å². The van der Waals surface area contributed by atoms with E-state index in [4.69, 9.17) is 14.3 Å². The molecule has 0 fully saturated rings. The predicted molar refractivity (Wildman–Crippen MR) is 117 cm³/mol. The topological polar surface area (TPSA) is 92.8 Å². The van der Waals surface area contributed by atoms with Crippen molar-refractivity contribution >= 4 is 5.71 Å². The average Bonchev–Trinajstić information content (AvgIpc) is 3.10. The van der Waals surface area contributed by atoms with Gasteiger partial charge in [0.15, 0.2) is 0 Å². The van der Waals surface area contributed by atoms with E-state index >= 15 is 0 Å². The van der Waals surface area contributed by atoms with Gasteiger partial charge in [-0.05, 0) is 59.7 Å². The third-order valence-corrected chi connectivity index (χ3v) is 5.01. The van der Waals surface area contributed by atoms with Gasteiger partial charge in [0.2, 0.25) is 0 Å². The monoisotopic (exact) mass is 425 g/mol. The van der Waals surface area contributed by atoms with Crippen LogP contribution < -0.4 is 10.4 Å². The van der Waals surface area contributed by atoms with Crippen molar-refractivity contribution in [3.05, 3.63) is 76.5 Å². The number of hydrogen-bond donors (Lipinski definition) is 0. The number of nitrogens with zero attached hydrogens (tertiary/aromatic N) is 5. The minimum absolute atomic E-state index is 0.237. The number of hydrogen-bond acceptors (Lipinski definition) is 7. The number of methoxy groups -OCH3 is 1. The lowest BCUT2D eigenvalue weighted by atomic mass is 9.93. The van der Waals surface area contributed by atoms with Gasteiger partial charge in [-0.1, -0.05) is 30.0 Å². The Hall–Kier alpha value is -3.62. The van der Waals surface area contributed by atoms with Crippen LogP contribution in [0.1, 0.15) is 24.1 Å². The van der Waals surface area contributed by atoms with Gasteiger partial charge in [-0.15, -0.1) is 0 Å². The number of benzene rings is 1. The summed E-state index contributed by atoms with van der Waals surface area (Å²) in [6.45, 7) is 8.11. The normalized spacial score (nSPS) is 18.5. The molecule has 1 aromatic carbocycles. The van der Waals surface area contributed by atoms with Gasteiger partial charge in [0, 0.05) is 7.05 Å². The second-order valence-electron chi connectivity index (χ2n) is 7.14. The molecule has 1 aromatic heterocycles. The molecule has 2 aromatic rings. The van der Waals surface area contributed by atoms with E-state index in [9.17, 15) is 4.79 Å². The van der Waals surface area contributed by atoms with Gasteiger partial charge in [-0.3, -0.25) is 0 Å². The van der Waals surface area contributed by atoms with E-state index in [-0.39, 0.29) is 17.6 Å². The average molecular weight is 425 g/mol. The summed E-state index contributed by atoms with van der Waals surface area (Å²) in [5.41, 5.74) is 2.36. The standard InChI is InChI=1S/C22H27N5O4/c1-6-12-31-23-16(3)17-10-11-20(15(2)13-17)30-14-18-19(8-7-9-21(18)29-5)27-22(28)26(4)24-25-27/h6-11,13,18-19H,1,12,14H2,2-5H3. The second-order valence-corrected chi connectivity index (χ2v) is 7.14. The van der Waals surface area contributed by atoms with Crippen molar-refractivity contribution in [2.45, 2.75) is 19.9 Å². The fourth-order valence-electron chi connectivity index (χ4n) is 3.31. The Morgan fingerprint density at radius 3 is 2.81 bits per heavy atom. The first-order valence-electron chi connectivity index (χ1n) is 9.88. The van der Waals surface area contributed by atoms with Crippen LogP contribution in [0.15, 0.2) is 64.8 Å². The number of oxime groups is 1. The summed E-state index contributed by atoms with van der Waals surface area (Å²) in [4.78, 5) is 17.5. The van der Waals surface area contributed by atoms with Crippen molar-refractivity contribution in [2.75, 3.05) is 20.3 Å². The highest BCUT2D eigenvalue weighted by Crippen LogP contribution is 2.31. The third kappa shape index (κ3) is 4.93. The molecule has 164 valence electrons. The quantitative estimate of drug-likeness (QED) is 0.265. The molecule has 1 aliphatic rings. The van der Waals surface area contributed by atoms with Gasteiger partial charge >= 0.3 is 5.69 Å². The van der Waals surface area contributed by atoms with Gasteiger partial charge in [-0.25, -0.2) is 4.79 Å². The van der Waals surface area contributed by atoms with E-state index in [0.717, 1.165) is 22.6 Å². The highest BCUT2D eigenvalue weighted by Gasteiger charge is 2.31. The Labute approximate surface area is 180 Å². The van der Waals surface area contributed by atoms with Gasteiger partial charge < -0.3 is 14.3 Å². The zero-order chi connectivity index (χ0) is 22.4. The minimum atomic E-state index is -0.364. The Morgan fingerprint density at radius 1 is 1.35 bits per heavy atom. The summed E-state index contributed by atoms with van der Waals surface area (Å²) in [6.07, 6.45) is 7.25. The SMILES string of the molecule is C=CCON=C(C)c1ccc(OCC2C(OC)=CC=CC2n2nnn(C)c2=O)c(C)c1. The van der Waals surface area contributed by atoms with Crippen LogP contribution >= 0.6 is 0 Å². The first-order chi connectivity index (χ1) is 15.0. The molecule has 0 saturated carbocycles. The number of aryl methyl sites for hydroxylation is 2. The fourth-order valence-corrected chi connectivity index (χ4v) is 3.31. The molecule has 2 unspecified atom stereocenters. The Kier molecular flexibility index (Phi) is 7.07. The molecule has 0 N–H and O–H groups in total. The third-order valence-electron chi connectivity index (χ3n) is 5.01. The van der Waals surface area contributed by atoms with Gasteiger partial charge in [0.05, 0.1) is 24.8 Å². The maximum Gasteiger partial charge on any atom is 0.363 e. The lowest BCUT2D eigenvalue weighted by Gasteiger charge is -2.28. The van der Waals surface area contributed by atoms with E-state index in [1.807, 2.05) is 50.3 Å². The molecular formula is C22H27N5O4. The maximum absolute atomic E-state index is 12.4. The molecule has 1 heterocycles. The second kappa shape index (κ2) is 9.92. The number of ether oxygens (including phenoxy) is 2. The molecule has 3 rings (SSSR count). The van der Waals surface area contributed by atoms with Gasteiger partial charge in [0.1, 0.15) is 24.7 Å². The number of rotatable bonds is 9. The molecule has 31 heavy (non-hydrogen) atoms. The molecule has 1 aliphatic carbocycles. The Morgan fingerprint density at radius 2 is 2.16 bits per heavy atom. The molecule has 0 amide bonds. The van der Waals surface area contributed by atoms with Crippen molar-refractivity contribution in [3.8, 4) is 5.75 Å². The van der Waals surface area contributed by atoms with Gasteiger partial charge in [0.25, 0.3) is 0 Å². The molecule has 9 heteroatoms. The van der Waals surface area contributed by atoms with Crippen LogP contribution in [0.2, 0.25) is 0 Å². The van der Waals surface area contributed by atoms with Crippen molar-refractivity contribution in [2.24, 2.45) is 18.1 Å². The molecule has 9 nitrogen and oxygen atoms in total. The van der Waals surface area contributed by atoms with Gasteiger partial charge in [-0.2, -0.15) is 9.36 Å². The molecule has 0 aliphatic heterocycles. The summed E-state index contributed by atoms with van der Waals surface area (Å²) < 4.78 is 14.2. The van der Waals surface area contributed by atoms with Crippen molar-refractivity contribution in [1.29, 1.82) is 0 Å². The van der Waals surface area contributed by atoms with Crippen molar-refractivity contribution in [1.82, 2.24) is 19.8 Å². The molecule has 2 atom stereocenters. The summed E-state index contributed by atoms with van der Waals surface area (Å²) in [5, 5.41) is 11.9. The summed E-state index contributed by atoms with van der Waals surface area (Å²) in [5.74, 6) is 1.21. The fraction of sp³-hybridized carbons (Fsp3) is 0.364. The van der Waals surface area contributed by atoms with Crippen LogP contribution in [0.4, 0.5) is 0 Å². The summed E-state index contributed by atoms with van der Waals surface area (Å²) in [6, 6.07) is 5.45. The van der Waals surface area contributed by atoms with Crippen LogP contribution in [-0.2, 0) is 16.6 Å². The first kappa shape index (κ1) is 22.1. The van der Waals surface area contributed by atoms with Crippen LogP contribution in [-0.4, -0.2) is 45.8 Å². The van der Waals surface area contributed by atoms with Crippen LogP contribution in [0, 0.1) is 12.8 Å². The van der Waals surface area contributed by atoms with E-state index in [2.05, 4.69) is 22.2 Å². The largest absolute Gasteiger partial charge is 0.501 e. The minimum Gasteiger partial charge on any atom is -0.501 e. The molecule has 0 bridgehead atoms. The highest BCUT2D eigenvalue weighted by atomic mass is 16.6. The van der Waals surface area contributed by atoms with E-state index in [1.54, 1.807) is 20.2 Å². The van der Waals surface area contributed by atoms with Crippen molar-refractivity contribution < 1.29 is 14.3 Å². The number of aromatic nitrogens is 4. The van der Waals surface area contributed by atoms with Crippen LogP contribution in [0.5, 0.6) is 5.75 Å². The zero-order valence-electron chi connectivity index (χ0n) is 18.2. The lowest BCUT2D eigenvalue weighted by Crippen LogP contribution is -2.35. The smallest absolute Gasteiger partial charge is 0.363 e. The number of allylic oxidation sites excluding steroid dienone is 3.